The van der Waals surface area contributed by atoms with Crippen LogP contribution >= 0.6 is 0 Å². The van der Waals surface area contributed by atoms with Gasteiger partial charge in [-0.3, -0.25) is 43.2 Å². The SMILES string of the molecule is CC(C)[C@H](N)C(=O)NCC(=O)N[C@H](C(=O)NCC(=O)N[C@@H](CCC(N)=O)C(=O)N[C@@H](Cc1ccccc1)C(=O)N[C@@H](CC(=O)O)C(=O)N1CCC[C@H]1C(=O)O)C(C)C. The number of nitrogens with two attached hydrogens (primary N) is 2. The second-order valence-corrected chi connectivity index (χ2v) is 14.6. The van der Waals surface area contributed by atoms with Crippen LogP contribution in [0.1, 0.15) is 65.4 Å². The zero-order valence-electron chi connectivity index (χ0n) is 32.9. The molecule has 0 bridgehead atoms. The first-order chi connectivity index (χ1) is 27.2. The number of likely N-dealkylation sites (tertiary alicyclic amines) is 1. The first kappa shape index (κ1) is 48.0. The molecule has 12 N–H and O–H groups in total. The zero-order valence-corrected chi connectivity index (χ0v) is 32.9. The van der Waals surface area contributed by atoms with Crippen LogP contribution in [0.3, 0.4) is 0 Å². The number of carboxylic acid groups (broad SMARTS) is 2. The number of rotatable bonds is 23. The van der Waals surface area contributed by atoms with E-state index in [4.69, 9.17) is 11.5 Å². The minimum absolute atomic E-state index is 0.0220. The van der Waals surface area contributed by atoms with E-state index in [1.807, 2.05) is 0 Å². The third-order valence-electron chi connectivity index (χ3n) is 9.19. The molecule has 21 nitrogen and oxygen atoms in total. The standard InChI is InChI=1S/C37H55N9O12/c1-19(2)30(39)34(54)40-18-28(49)45-31(20(3)4)35(55)41-17-27(48)42-22(12-13-26(38)47)32(52)43-23(15-21-9-6-5-7-10-21)33(53)44-24(16-29(50)51)36(56)46-14-8-11-25(46)37(57)58/h5-7,9-10,19-20,22-25,30-31H,8,11-18,39H2,1-4H3,(H2,38,47)(H,40,54)(H,41,55)(H,42,48)(H,43,52)(H,44,53)(H,45,49)(H,50,51)(H,57,58)/t22-,23-,24-,25-,30-,31-/m0/s1. The molecule has 0 spiro atoms. The van der Waals surface area contributed by atoms with Gasteiger partial charge in [-0.05, 0) is 36.7 Å². The highest BCUT2D eigenvalue weighted by Gasteiger charge is 2.39. The van der Waals surface area contributed by atoms with Gasteiger partial charge in [0.15, 0.2) is 0 Å². The number of hydrogen-bond acceptors (Lipinski definition) is 11. The Hall–Kier alpha value is -6.12. The molecule has 21 heteroatoms. The largest absolute Gasteiger partial charge is 0.481 e. The minimum atomic E-state index is -1.70. The van der Waals surface area contributed by atoms with Gasteiger partial charge in [0.2, 0.25) is 47.3 Å². The van der Waals surface area contributed by atoms with Crippen molar-refractivity contribution in [3.05, 3.63) is 35.9 Å². The first-order valence-corrected chi connectivity index (χ1v) is 18.8. The fourth-order valence-electron chi connectivity index (χ4n) is 5.89. The van der Waals surface area contributed by atoms with Crippen LogP contribution < -0.4 is 43.4 Å². The molecule has 320 valence electrons. The van der Waals surface area contributed by atoms with Crippen LogP contribution in [0.4, 0.5) is 0 Å². The predicted octanol–water partition coefficient (Wildman–Crippen LogP) is -3.14. The Kier molecular flexibility index (Phi) is 19.2. The zero-order chi connectivity index (χ0) is 43.7. The smallest absolute Gasteiger partial charge is 0.326 e. The van der Waals surface area contributed by atoms with Gasteiger partial charge in [-0.15, -0.1) is 0 Å². The maximum absolute atomic E-state index is 13.8. The number of aliphatic carboxylic acids is 2. The van der Waals surface area contributed by atoms with Gasteiger partial charge in [-0.1, -0.05) is 58.0 Å². The van der Waals surface area contributed by atoms with Gasteiger partial charge >= 0.3 is 11.9 Å². The summed E-state index contributed by atoms with van der Waals surface area (Å²) in [7, 11) is 0. The Morgan fingerprint density at radius 1 is 0.741 bits per heavy atom. The van der Waals surface area contributed by atoms with Gasteiger partial charge in [-0.25, -0.2) is 4.79 Å². The van der Waals surface area contributed by atoms with Gasteiger partial charge in [0, 0.05) is 19.4 Å². The third-order valence-corrected chi connectivity index (χ3v) is 9.19. The Morgan fingerprint density at radius 3 is 1.86 bits per heavy atom. The van der Waals surface area contributed by atoms with E-state index in [-0.39, 0.29) is 31.7 Å². The van der Waals surface area contributed by atoms with Crippen molar-refractivity contribution in [2.45, 2.75) is 102 Å². The van der Waals surface area contributed by atoms with Gasteiger partial charge in [0.05, 0.1) is 25.6 Å². The van der Waals surface area contributed by atoms with Crippen LogP contribution in [0.15, 0.2) is 30.3 Å². The van der Waals surface area contributed by atoms with E-state index in [1.54, 1.807) is 58.0 Å². The molecular weight excluding hydrogens is 762 g/mol. The summed E-state index contributed by atoms with van der Waals surface area (Å²) in [6.07, 6.45) is -1.34. The normalized spacial score (nSPS) is 16.2. The molecule has 1 aromatic carbocycles. The number of amides is 8. The van der Waals surface area contributed by atoms with E-state index in [9.17, 15) is 58.2 Å². The van der Waals surface area contributed by atoms with E-state index in [0.29, 0.717) is 12.0 Å². The van der Waals surface area contributed by atoms with Crippen LogP contribution in [-0.2, 0) is 54.4 Å². The van der Waals surface area contributed by atoms with Crippen LogP contribution in [0.5, 0.6) is 0 Å². The summed E-state index contributed by atoms with van der Waals surface area (Å²) >= 11 is 0. The molecule has 1 aliphatic rings. The van der Waals surface area contributed by atoms with E-state index in [1.165, 1.54) is 0 Å². The van der Waals surface area contributed by atoms with Crippen molar-refractivity contribution in [1.82, 2.24) is 36.8 Å². The Morgan fingerprint density at radius 2 is 1.31 bits per heavy atom. The predicted molar refractivity (Wildman–Crippen MR) is 205 cm³/mol. The Balaban J connectivity index is 2.21. The van der Waals surface area contributed by atoms with E-state index in [2.05, 4.69) is 31.9 Å². The second kappa shape index (κ2) is 23.2. The number of nitrogens with one attached hydrogen (secondary N) is 6. The average molecular weight is 818 g/mol. The van der Waals surface area contributed by atoms with Crippen molar-refractivity contribution in [3.8, 4) is 0 Å². The van der Waals surface area contributed by atoms with Crippen molar-refractivity contribution in [3.63, 3.8) is 0 Å². The molecule has 8 amide bonds. The summed E-state index contributed by atoms with van der Waals surface area (Å²) in [5.74, 6) is -10.1. The summed E-state index contributed by atoms with van der Waals surface area (Å²) in [6, 6.07) is 0.388. The molecule has 0 aliphatic carbocycles. The molecular formula is C37H55N9O12. The highest BCUT2D eigenvalue weighted by atomic mass is 16.4. The molecule has 58 heavy (non-hydrogen) atoms. The first-order valence-electron chi connectivity index (χ1n) is 18.8. The lowest BCUT2D eigenvalue weighted by atomic mass is 10.0. The number of nitrogens with zero attached hydrogens (tertiary/aromatic N) is 1. The highest BCUT2D eigenvalue weighted by molar-refractivity contribution is 5.97. The summed E-state index contributed by atoms with van der Waals surface area (Å²) < 4.78 is 0. The molecule has 0 unspecified atom stereocenters. The number of benzene rings is 1. The van der Waals surface area contributed by atoms with Crippen LogP contribution in [-0.4, -0.2) is 130 Å². The van der Waals surface area contributed by atoms with Crippen molar-refractivity contribution in [2.24, 2.45) is 23.3 Å². The van der Waals surface area contributed by atoms with Gasteiger partial charge in [0.25, 0.3) is 0 Å². The molecule has 0 saturated carbocycles. The maximum Gasteiger partial charge on any atom is 0.326 e. The number of carbonyl (C=O) groups excluding carboxylic acids is 8. The molecule has 1 fully saturated rings. The summed E-state index contributed by atoms with van der Waals surface area (Å²) in [4.78, 5) is 128. The van der Waals surface area contributed by atoms with Crippen molar-refractivity contribution >= 4 is 59.2 Å². The Bertz CT molecular complexity index is 1670. The molecule has 1 saturated heterocycles. The Labute approximate surface area is 335 Å². The fourth-order valence-corrected chi connectivity index (χ4v) is 5.89. The molecule has 6 atom stereocenters. The quantitative estimate of drug-likeness (QED) is 0.0523. The molecule has 1 heterocycles. The molecule has 1 aromatic rings. The minimum Gasteiger partial charge on any atom is -0.481 e. The van der Waals surface area contributed by atoms with Crippen molar-refractivity contribution < 1.29 is 58.2 Å². The monoisotopic (exact) mass is 817 g/mol. The fraction of sp³-hybridized carbons (Fsp3) is 0.568. The summed E-state index contributed by atoms with van der Waals surface area (Å²) in [5, 5.41) is 33.6. The number of carboxylic acids is 2. The molecule has 1 aliphatic heterocycles. The molecule has 2 rings (SSSR count). The van der Waals surface area contributed by atoms with Gasteiger partial charge in [-0.2, -0.15) is 0 Å². The summed E-state index contributed by atoms with van der Waals surface area (Å²) in [5.41, 5.74) is 11.6. The van der Waals surface area contributed by atoms with E-state index >= 15 is 0 Å². The lowest BCUT2D eigenvalue weighted by Crippen LogP contribution is -2.59. The van der Waals surface area contributed by atoms with Crippen molar-refractivity contribution in [1.29, 1.82) is 0 Å². The molecule has 0 aromatic heterocycles. The van der Waals surface area contributed by atoms with Crippen LogP contribution in [0.2, 0.25) is 0 Å². The van der Waals surface area contributed by atoms with E-state index in [0.717, 1.165) is 4.90 Å². The van der Waals surface area contributed by atoms with E-state index < -0.39 is 127 Å². The number of hydrogen-bond donors (Lipinski definition) is 10. The highest BCUT2D eigenvalue weighted by Crippen LogP contribution is 2.19. The lowest BCUT2D eigenvalue weighted by Gasteiger charge is -2.28. The van der Waals surface area contributed by atoms with Crippen LogP contribution in [0, 0.1) is 11.8 Å². The van der Waals surface area contributed by atoms with Gasteiger partial charge in [0.1, 0.15) is 30.2 Å². The van der Waals surface area contributed by atoms with Crippen LogP contribution in [0.25, 0.3) is 0 Å². The average Bonchev–Trinajstić information content (AvgIpc) is 3.66. The molecule has 0 radical (unpaired) electrons. The second-order valence-electron chi connectivity index (χ2n) is 14.6. The van der Waals surface area contributed by atoms with Gasteiger partial charge < -0.3 is 58.5 Å². The summed E-state index contributed by atoms with van der Waals surface area (Å²) in [6.45, 7) is 5.59. The number of carbonyl (C=O) groups is 10. The maximum atomic E-state index is 13.8. The topological polar surface area (TPSA) is 339 Å². The third kappa shape index (κ3) is 15.8. The number of primary amides is 1. The van der Waals surface area contributed by atoms with Crippen molar-refractivity contribution in [2.75, 3.05) is 19.6 Å². The lowest BCUT2D eigenvalue weighted by molar-refractivity contribution is -0.150.